The maximum absolute atomic E-state index is 13.2. The summed E-state index contributed by atoms with van der Waals surface area (Å²) in [5, 5.41) is 4.48. The van der Waals surface area contributed by atoms with Crippen LogP contribution in [-0.2, 0) is 11.8 Å². The van der Waals surface area contributed by atoms with Crippen molar-refractivity contribution in [3.63, 3.8) is 0 Å². The van der Waals surface area contributed by atoms with E-state index in [9.17, 15) is 8.78 Å². The summed E-state index contributed by atoms with van der Waals surface area (Å²) >= 11 is 0. The number of ether oxygens (including phenoxy) is 1. The largest absolute Gasteiger partial charge is 0.377 e. The Bertz CT molecular complexity index is 1070. The predicted molar refractivity (Wildman–Crippen MR) is 110 cm³/mol. The number of rotatable bonds is 4. The average molecular weight is 414 g/mol. The normalized spacial score (nSPS) is 17.0. The van der Waals surface area contributed by atoms with Gasteiger partial charge in [-0.25, -0.2) is 18.7 Å². The molecule has 1 atom stereocenters. The fourth-order valence-corrected chi connectivity index (χ4v) is 3.73. The Labute approximate surface area is 173 Å². The maximum Gasteiger partial charge on any atom is 0.280 e. The first-order chi connectivity index (χ1) is 14.3. The number of alkyl halides is 2. The molecule has 1 saturated heterocycles. The van der Waals surface area contributed by atoms with Crippen molar-refractivity contribution in [3.8, 4) is 22.6 Å². The van der Waals surface area contributed by atoms with Crippen LogP contribution in [0.1, 0.15) is 30.4 Å². The number of hydrogen-bond acceptors (Lipinski definition) is 6. The number of morpholine rings is 1. The Morgan fingerprint density at radius 3 is 2.67 bits per heavy atom. The second kappa shape index (κ2) is 8.06. The zero-order chi connectivity index (χ0) is 21.4. The van der Waals surface area contributed by atoms with Crippen molar-refractivity contribution in [1.82, 2.24) is 24.7 Å². The van der Waals surface area contributed by atoms with Crippen LogP contribution in [0.4, 0.5) is 14.6 Å². The number of hydrogen-bond donors (Lipinski definition) is 0. The summed E-state index contributed by atoms with van der Waals surface area (Å²) in [5.74, 6) is 1.27. The molecule has 7 nitrogen and oxygen atoms in total. The molecule has 3 aromatic heterocycles. The molecule has 0 spiro atoms. The van der Waals surface area contributed by atoms with Crippen molar-refractivity contribution < 1.29 is 13.5 Å². The molecule has 0 radical (unpaired) electrons. The van der Waals surface area contributed by atoms with E-state index < -0.39 is 6.43 Å². The fourth-order valence-electron chi connectivity index (χ4n) is 3.73. The molecule has 0 N–H and O–H groups in total. The summed E-state index contributed by atoms with van der Waals surface area (Å²) in [6.45, 7) is 7.85. The van der Waals surface area contributed by atoms with Gasteiger partial charge < -0.3 is 9.64 Å². The van der Waals surface area contributed by atoms with Crippen LogP contribution in [0.3, 0.4) is 0 Å². The number of halogens is 2. The topological polar surface area (TPSA) is 69.0 Å². The highest BCUT2D eigenvalue weighted by atomic mass is 19.3. The van der Waals surface area contributed by atoms with Gasteiger partial charge in [0.2, 0.25) is 0 Å². The van der Waals surface area contributed by atoms with Crippen molar-refractivity contribution in [1.29, 1.82) is 0 Å². The lowest BCUT2D eigenvalue weighted by Crippen LogP contribution is -2.44. The van der Waals surface area contributed by atoms with Gasteiger partial charge in [0.15, 0.2) is 5.82 Å². The second-order valence-corrected chi connectivity index (χ2v) is 7.49. The molecule has 0 unspecified atom stereocenters. The summed E-state index contributed by atoms with van der Waals surface area (Å²) in [5.41, 5.74) is 3.48. The van der Waals surface area contributed by atoms with E-state index in [0.29, 0.717) is 36.8 Å². The Kier molecular flexibility index (Phi) is 5.46. The standard InChI is InChI=1S/C21H24F2N6O/c1-12-11-30-8-7-29(12)18-10-16(15-5-6-24-17(9-15)20(22)23)25-21(26-18)19-13(2)27-28(4)14(19)3/h5-6,9-10,12,20H,7-8,11H2,1-4H3/t12-/m1/s1. The van der Waals surface area contributed by atoms with E-state index in [1.54, 1.807) is 10.7 Å². The van der Waals surface area contributed by atoms with E-state index in [1.165, 1.54) is 12.3 Å². The average Bonchev–Trinajstić information content (AvgIpc) is 2.99. The van der Waals surface area contributed by atoms with Gasteiger partial charge in [-0.1, -0.05) is 0 Å². The molecule has 0 bridgehead atoms. The lowest BCUT2D eigenvalue weighted by Gasteiger charge is -2.34. The lowest BCUT2D eigenvalue weighted by molar-refractivity contribution is 0.0985. The molecule has 9 heteroatoms. The fraction of sp³-hybridized carbons (Fsp3) is 0.429. The summed E-state index contributed by atoms with van der Waals surface area (Å²) < 4.78 is 33.8. The summed E-state index contributed by atoms with van der Waals surface area (Å²) in [4.78, 5) is 15.5. The zero-order valence-electron chi connectivity index (χ0n) is 17.4. The van der Waals surface area contributed by atoms with Gasteiger partial charge in [0.05, 0.1) is 36.2 Å². The zero-order valence-corrected chi connectivity index (χ0v) is 17.4. The van der Waals surface area contributed by atoms with E-state index in [4.69, 9.17) is 14.7 Å². The number of aryl methyl sites for hydroxylation is 2. The SMILES string of the molecule is Cc1nn(C)c(C)c1-c1nc(-c2ccnc(C(F)F)c2)cc(N2CCOC[C@H]2C)n1. The smallest absolute Gasteiger partial charge is 0.280 e. The molecule has 4 rings (SSSR count). The van der Waals surface area contributed by atoms with Crippen molar-refractivity contribution in [3.05, 3.63) is 41.5 Å². The predicted octanol–water partition coefficient (Wildman–Crippen LogP) is 3.72. The minimum absolute atomic E-state index is 0.138. The minimum atomic E-state index is -2.65. The van der Waals surface area contributed by atoms with Gasteiger partial charge in [0.1, 0.15) is 11.5 Å². The molecular formula is C21H24F2N6O. The third-order valence-corrected chi connectivity index (χ3v) is 5.41. The Hall–Kier alpha value is -2.94. The van der Waals surface area contributed by atoms with Gasteiger partial charge in [0, 0.05) is 37.1 Å². The van der Waals surface area contributed by atoms with Crippen LogP contribution in [0.5, 0.6) is 0 Å². The summed E-state index contributed by atoms with van der Waals surface area (Å²) in [6, 6.07) is 5.05. The van der Waals surface area contributed by atoms with Crippen molar-refractivity contribution >= 4 is 5.82 Å². The summed E-state index contributed by atoms with van der Waals surface area (Å²) in [6.07, 6.45) is -1.26. The number of anilines is 1. The minimum Gasteiger partial charge on any atom is -0.377 e. The summed E-state index contributed by atoms with van der Waals surface area (Å²) in [7, 11) is 1.87. The van der Waals surface area contributed by atoms with E-state index >= 15 is 0 Å². The molecule has 0 saturated carbocycles. The molecule has 4 heterocycles. The first-order valence-electron chi connectivity index (χ1n) is 9.83. The van der Waals surface area contributed by atoms with E-state index in [0.717, 1.165) is 22.8 Å². The molecule has 1 aliphatic rings. The highest BCUT2D eigenvalue weighted by Gasteiger charge is 2.24. The van der Waals surface area contributed by atoms with Gasteiger partial charge in [-0.15, -0.1) is 0 Å². The molecule has 1 fully saturated rings. The van der Waals surface area contributed by atoms with Crippen LogP contribution in [0.2, 0.25) is 0 Å². The molecule has 1 aliphatic heterocycles. The van der Waals surface area contributed by atoms with Crippen molar-refractivity contribution in [2.75, 3.05) is 24.7 Å². The van der Waals surface area contributed by atoms with Crippen LogP contribution in [0.15, 0.2) is 24.4 Å². The molecule has 3 aromatic rings. The van der Waals surface area contributed by atoms with Crippen LogP contribution >= 0.6 is 0 Å². The van der Waals surface area contributed by atoms with E-state index in [2.05, 4.69) is 21.9 Å². The van der Waals surface area contributed by atoms with Gasteiger partial charge in [0.25, 0.3) is 6.43 Å². The number of aromatic nitrogens is 5. The number of pyridine rings is 1. The Morgan fingerprint density at radius 1 is 1.20 bits per heavy atom. The van der Waals surface area contributed by atoms with Crippen molar-refractivity contribution in [2.24, 2.45) is 7.05 Å². The van der Waals surface area contributed by atoms with Crippen LogP contribution in [0.25, 0.3) is 22.6 Å². The molecule has 158 valence electrons. The monoisotopic (exact) mass is 414 g/mol. The van der Waals surface area contributed by atoms with Crippen LogP contribution < -0.4 is 4.90 Å². The third-order valence-electron chi connectivity index (χ3n) is 5.41. The molecule has 0 aromatic carbocycles. The van der Waals surface area contributed by atoms with E-state index in [1.807, 2.05) is 27.0 Å². The molecular weight excluding hydrogens is 390 g/mol. The first-order valence-corrected chi connectivity index (χ1v) is 9.83. The molecule has 0 aliphatic carbocycles. The first kappa shape index (κ1) is 20.3. The lowest BCUT2D eigenvalue weighted by atomic mass is 10.1. The Morgan fingerprint density at radius 2 is 2.00 bits per heavy atom. The highest BCUT2D eigenvalue weighted by Crippen LogP contribution is 2.31. The van der Waals surface area contributed by atoms with E-state index in [-0.39, 0.29) is 11.7 Å². The Balaban J connectivity index is 1.89. The molecule has 30 heavy (non-hydrogen) atoms. The highest BCUT2D eigenvalue weighted by molar-refractivity contribution is 5.70. The third kappa shape index (κ3) is 3.77. The van der Waals surface area contributed by atoms with Gasteiger partial charge in [-0.3, -0.25) is 9.67 Å². The maximum atomic E-state index is 13.2. The van der Waals surface area contributed by atoms with Gasteiger partial charge in [-0.05, 0) is 32.9 Å². The van der Waals surface area contributed by atoms with Crippen LogP contribution in [0, 0.1) is 13.8 Å². The van der Waals surface area contributed by atoms with Gasteiger partial charge >= 0.3 is 0 Å². The quantitative estimate of drug-likeness (QED) is 0.648. The second-order valence-electron chi connectivity index (χ2n) is 7.49. The molecule has 0 amide bonds. The van der Waals surface area contributed by atoms with Gasteiger partial charge in [-0.2, -0.15) is 5.10 Å². The van der Waals surface area contributed by atoms with Crippen molar-refractivity contribution in [2.45, 2.75) is 33.2 Å². The van der Waals surface area contributed by atoms with Crippen LogP contribution in [-0.4, -0.2) is 50.5 Å². The number of nitrogens with zero attached hydrogens (tertiary/aromatic N) is 6.